The summed E-state index contributed by atoms with van der Waals surface area (Å²) in [6.45, 7) is 4.02. The molecule has 3 N–H and O–H groups in total. The molecule has 2 heterocycles. The highest BCUT2D eigenvalue weighted by Crippen LogP contribution is 2.12. The summed E-state index contributed by atoms with van der Waals surface area (Å²) in [5.74, 6) is -0.376. The lowest BCUT2D eigenvalue weighted by atomic mass is 10.0. The monoisotopic (exact) mass is 414 g/mol. The van der Waals surface area contributed by atoms with Crippen LogP contribution in [0.5, 0.6) is 0 Å². The molecule has 0 aliphatic carbocycles. The topological polar surface area (TPSA) is 104 Å². The minimum atomic E-state index is -3.54. The van der Waals surface area contributed by atoms with Gasteiger partial charge in [0.25, 0.3) is 0 Å². The average molecular weight is 415 g/mol. The molecule has 0 bridgehead atoms. The molecule has 3 aromatic rings. The first-order chi connectivity index (χ1) is 13.9. The molecule has 7 nitrogen and oxygen atoms in total. The van der Waals surface area contributed by atoms with Gasteiger partial charge in [0.15, 0.2) is 0 Å². The zero-order chi connectivity index (χ0) is 20.9. The minimum absolute atomic E-state index is 0.0152. The zero-order valence-corrected chi connectivity index (χ0v) is 17.4. The molecule has 8 heteroatoms. The van der Waals surface area contributed by atoms with Crippen LogP contribution in [0, 0.1) is 6.92 Å². The Balaban J connectivity index is 1.73. The molecule has 154 valence electrons. The van der Waals surface area contributed by atoms with Crippen LogP contribution < -0.4 is 10.0 Å². The number of fused-ring (bicyclic) bond motifs is 1. The highest BCUT2D eigenvalue weighted by molar-refractivity contribution is 7.89. The molecule has 1 atom stereocenters. The van der Waals surface area contributed by atoms with Crippen molar-refractivity contribution in [2.24, 2.45) is 0 Å². The van der Waals surface area contributed by atoms with E-state index in [2.05, 4.69) is 20.0 Å². The first-order valence-corrected chi connectivity index (χ1v) is 11.3. The van der Waals surface area contributed by atoms with Crippen molar-refractivity contribution < 1.29 is 13.2 Å². The van der Waals surface area contributed by atoms with Crippen molar-refractivity contribution in [3.05, 3.63) is 65.5 Å². The van der Waals surface area contributed by atoms with E-state index in [9.17, 15) is 13.2 Å². The Kier molecular flexibility index (Phi) is 6.66. The maximum Gasteiger partial charge on any atom is 0.238 e. The fourth-order valence-corrected chi connectivity index (χ4v) is 4.48. The van der Waals surface area contributed by atoms with Gasteiger partial charge >= 0.3 is 0 Å². The quantitative estimate of drug-likeness (QED) is 0.500. The molecular weight excluding hydrogens is 388 g/mol. The molecule has 29 heavy (non-hydrogen) atoms. The van der Waals surface area contributed by atoms with Gasteiger partial charge < -0.3 is 10.3 Å². The van der Waals surface area contributed by atoms with Gasteiger partial charge in [-0.3, -0.25) is 4.79 Å². The lowest BCUT2D eigenvalue weighted by Gasteiger charge is -2.19. The molecule has 0 aliphatic rings. The summed E-state index contributed by atoms with van der Waals surface area (Å²) < 4.78 is 27.1. The van der Waals surface area contributed by atoms with Crippen LogP contribution in [0.1, 0.15) is 30.0 Å². The number of hydrogen-bond donors (Lipinski definition) is 3. The van der Waals surface area contributed by atoms with E-state index < -0.39 is 16.1 Å². The largest absolute Gasteiger partial charge is 0.351 e. The SMILES string of the molecule is CCCS(=O)(=O)N[C@@H](Cc1cccc(C)c1)C(=O)NCc1cnc2[nH]ccc2c1. The van der Waals surface area contributed by atoms with E-state index in [1.54, 1.807) is 19.3 Å². The summed E-state index contributed by atoms with van der Waals surface area (Å²) in [6.07, 6.45) is 4.26. The van der Waals surface area contributed by atoms with E-state index in [1.807, 2.05) is 43.3 Å². The highest BCUT2D eigenvalue weighted by atomic mass is 32.2. The lowest BCUT2D eigenvalue weighted by molar-refractivity contribution is -0.122. The molecule has 1 aromatic carbocycles. The van der Waals surface area contributed by atoms with Gasteiger partial charge in [-0.15, -0.1) is 0 Å². The minimum Gasteiger partial charge on any atom is -0.351 e. The van der Waals surface area contributed by atoms with Crippen molar-refractivity contribution in [3.63, 3.8) is 0 Å². The van der Waals surface area contributed by atoms with Gasteiger partial charge in [-0.05, 0) is 43.0 Å². The molecule has 0 radical (unpaired) electrons. The van der Waals surface area contributed by atoms with E-state index in [-0.39, 0.29) is 24.6 Å². The number of nitrogens with zero attached hydrogens (tertiary/aromatic N) is 1. The van der Waals surface area contributed by atoms with Crippen LogP contribution in [-0.2, 0) is 27.8 Å². The molecule has 0 saturated heterocycles. The number of aromatic amines is 1. The van der Waals surface area contributed by atoms with Gasteiger partial charge in [0.1, 0.15) is 11.7 Å². The molecular formula is C21H26N4O3S. The molecule has 0 unspecified atom stereocenters. The molecule has 2 aromatic heterocycles. The highest BCUT2D eigenvalue weighted by Gasteiger charge is 2.24. The van der Waals surface area contributed by atoms with Crippen LogP contribution in [0.3, 0.4) is 0 Å². The Bertz CT molecular complexity index is 1090. The molecule has 0 fully saturated rings. The number of carbonyl (C=O) groups excluding carboxylic acids is 1. The van der Waals surface area contributed by atoms with Crippen molar-refractivity contribution in [3.8, 4) is 0 Å². The number of aromatic nitrogens is 2. The third-order valence-electron chi connectivity index (χ3n) is 4.56. The van der Waals surface area contributed by atoms with Crippen molar-refractivity contribution in [1.82, 2.24) is 20.0 Å². The number of amides is 1. The number of aryl methyl sites for hydroxylation is 1. The Morgan fingerprint density at radius 1 is 1.21 bits per heavy atom. The fourth-order valence-electron chi connectivity index (χ4n) is 3.20. The standard InChI is InChI=1S/C21H26N4O3S/c1-3-9-29(27,28)25-19(12-16-6-4-5-15(2)10-16)21(26)24-14-17-11-18-7-8-22-20(18)23-13-17/h4-8,10-11,13,19,25H,3,9,12,14H2,1-2H3,(H,22,23)(H,24,26)/t19-/m0/s1. The van der Waals surface area contributed by atoms with Crippen LogP contribution in [0.4, 0.5) is 0 Å². The van der Waals surface area contributed by atoms with Crippen LogP contribution in [0.25, 0.3) is 11.0 Å². The summed E-state index contributed by atoms with van der Waals surface area (Å²) in [4.78, 5) is 20.2. The normalized spacial score (nSPS) is 12.8. The van der Waals surface area contributed by atoms with Crippen LogP contribution in [-0.4, -0.2) is 36.1 Å². The molecule has 0 aliphatic heterocycles. The second-order valence-electron chi connectivity index (χ2n) is 7.16. The van der Waals surface area contributed by atoms with Gasteiger partial charge in [-0.2, -0.15) is 0 Å². The van der Waals surface area contributed by atoms with Crippen molar-refractivity contribution in [2.75, 3.05) is 5.75 Å². The predicted octanol–water partition coefficient (Wildman–Crippen LogP) is 2.43. The predicted molar refractivity (Wildman–Crippen MR) is 114 cm³/mol. The maximum absolute atomic E-state index is 12.8. The number of sulfonamides is 1. The van der Waals surface area contributed by atoms with E-state index in [4.69, 9.17) is 0 Å². The number of hydrogen-bond acceptors (Lipinski definition) is 4. The molecule has 1 amide bonds. The van der Waals surface area contributed by atoms with Gasteiger partial charge in [0, 0.05) is 24.3 Å². The van der Waals surface area contributed by atoms with Gasteiger partial charge in [-0.25, -0.2) is 18.1 Å². The Hall–Kier alpha value is -2.71. The van der Waals surface area contributed by atoms with Crippen LogP contribution >= 0.6 is 0 Å². The first-order valence-electron chi connectivity index (χ1n) is 9.61. The van der Waals surface area contributed by atoms with Gasteiger partial charge in [0.2, 0.25) is 15.9 Å². The zero-order valence-electron chi connectivity index (χ0n) is 16.6. The lowest BCUT2D eigenvalue weighted by Crippen LogP contribution is -2.48. The maximum atomic E-state index is 12.8. The van der Waals surface area contributed by atoms with Gasteiger partial charge in [-0.1, -0.05) is 36.8 Å². The summed E-state index contributed by atoms with van der Waals surface area (Å²) in [5.41, 5.74) is 3.59. The Morgan fingerprint density at radius 2 is 2.03 bits per heavy atom. The first kappa shape index (κ1) is 21.0. The van der Waals surface area contributed by atoms with E-state index >= 15 is 0 Å². The second-order valence-corrected chi connectivity index (χ2v) is 9.03. The smallest absolute Gasteiger partial charge is 0.238 e. The number of rotatable bonds is 9. The second kappa shape index (κ2) is 9.19. The molecule has 0 saturated carbocycles. The summed E-state index contributed by atoms with van der Waals surface area (Å²) in [5, 5.41) is 3.79. The summed E-state index contributed by atoms with van der Waals surface area (Å²) >= 11 is 0. The van der Waals surface area contributed by atoms with E-state index in [0.29, 0.717) is 6.42 Å². The number of H-pyrrole nitrogens is 1. The summed E-state index contributed by atoms with van der Waals surface area (Å²) in [7, 11) is -3.54. The van der Waals surface area contributed by atoms with E-state index in [1.165, 1.54) is 0 Å². The average Bonchev–Trinajstić information content (AvgIpc) is 3.13. The fraction of sp³-hybridized carbons (Fsp3) is 0.333. The van der Waals surface area contributed by atoms with Crippen LogP contribution in [0.15, 0.2) is 48.8 Å². The van der Waals surface area contributed by atoms with Crippen molar-refractivity contribution in [1.29, 1.82) is 0 Å². The number of benzene rings is 1. The Labute approximate surface area is 171 Å². The van der Waals surface area contributed by atoms with Gasteiger partial charge in [0.05, 0.1) is 5.75 Å². The van der Waals surface area contributed by atoms with E-state index in [0.717, 1.165) is 27.7 Å². The summed E-state index contributed by atoms with van der Waals surface area (Å²) in [6, 6.07) is 10.7. The number of pyridine rings is 1. The Morgan fingerprint density at radius 3 is 2.79 bits per heavy atom. The molecule has 3 rings (SSSR count). The number of nitrogens with one attached hydrogen (secondary N) is 3. The molecule has 0 spiro atoms. The van der Waals surface area contributed by atoms with Crippen molar-refractivity contribution >= 4 is 27.0 Å². The van der Waals surface area contributed by atoms with Crippen LogP contribution in [0.2, 0.25) is 0 Å². The van der Waals surface area contributed by atoms with Crippen molar-refractivity contribution in [2.45, 2.75) is 39.3 Å². The third kappa shape index (κ3) is 5.88. The third-order valence-corrected chi connectivity index (χ3v) is 6.15. The number of carbonyl (C=O) groups is 1.